The minimum absolute atomic E-state index is 0.324. The average Bonchev–Trinajstić information content (AvgIpc) is 3.21. The van der Waals surface area contributed by atoms with Crippen molar-refractivity contribution in [1.29, 1.82) is 0 Å². The molecule has 1 amide bonds. The number of rotatable bonds is 8. The van der Waals surface area contributed by atoms with Crippen LogP contribution >= 0.6 is 11.8 Å². The fourth-order valence-corrected chi connectivity index (χ4v) is 4.89. The number of aromatic nitrogens is 4. The van der Waals surface area contributed by atoms with E-state index in [4.69, 9.17) is 4.98 Å². The first-order chi connectivity index (χ1) is 18.3. The fourth-order valence-electron chi connectivity index (χ4n) is 4.08. The van der Waals surface area contributed by atoms with Gasteiger partial charge in [0.25, 0.3) is 0 Å². The summed E-state index contributed by atoms with van der Waals surface area (Å²) >= 11 is 1.18. The van der Waals surface area contributed by atoms with Crippen LogP contribution in [0.1, 0.15) is 18.9 Å². The van der Waals surface area contributed by atoms with E-state index in [1.165, 1.54) is 23.9 Å². The van der Waals surface area contributed by atoms with Crippen molar-refractivity contribution in [3.8, 4) is 5.75 Å². The standard InChI is InChI=1S/C27H22F3N5O2S/c1-2-22(25(36)31-18-12-14-19(15-13-18)37-27(28,29)30)38-26-32-24-23(33-34-26)20-10-6-7-11-21(20)35(24)16-17-8-4-3-5-9-17/h3-15,22H,2,16H2,1H3,(H,31,36). The Hall–Kier alpha value is -4.12. The van der Waals surface area contributed by atoms with Crippen molar-refractivity contribution in [3.05, 3.63) is 84.4 Å². The Morgan fingerprint density at radius 3 is 2.42 bits per heavy atom. The molecule has 38 heavy (non-hydrogen) atoms. The zero-order valence-corrected chi connectivity index (χ0v) is 21.0. The molecule has 1 unspecified atom stereocenters. The molecule has 0 saturated carbocycles. The van der Waals surface area contributed by atoms with E-state index in [1.807, 2.05) is 61.5 Å². The molecule has 1 N–H and O–H groups in total. The van der Waals surface area contributed by atoms with Gasteiger partial charge >= 0.3 is 6.36 Å². The maximum atomic E-state index is 12.9. The van der Waals surface area contributed by atoms with Gasteiger partial charge in [0.15, 0.2) is 5.65 Å². The van der Waals surface area contributed by atoms with Crippen molar-refractivity contribution in [2.45, 2.75) is 36.7 Å². The first-order valence-corrected chi connectivity index (χ1v) is 12.7. The molecular weight excluding hydrogens is 515 g/mol. The Morgan fingerprint density at radius 2 is 1.71 bits per heavy atom. The Labute approximate surface area is 220 Å². The highest BCUT2D eigenvalue weighted by molar-refractivity contribution is 8.00. The number of anilines is 1. The van der Waals surface area contributed by atoms with E-state index in [0.29, 0.717) is 35.0 Å². The van der Waals surface area contributed by atoms with Gasteiger partial charge in [0, 0.05) is 17.6 Å². The van der Waals surface area contributed by atoms with Crippen LogP contribution in [0.25, 0.3) is 22.1 Å². The molecule has 11 heteroatoms. The zero-order chi connectivity index (χ0) is 26.7. The molecular formula is C27H22F3N5O2S. The number of nitrogens with zero attached hydrogens (tertiary/aromatic N) is 4. The molecule has 3 aromatic carbocycles. The second kappa shape index (κ2) is 10.7. The SMILES string of the molecule is CCC(Sc1nnc2c3ccccc3n(Cc3ccccc3)c2n1)C(=O)Nc1ccc(OC(F)(F)F)cc1. The molecule has 0 spiro atoms. The number of carbonyl (C=O) groups excluding carboxylic acids is 1. The Bertz CT molecular complexity index is 1570. The summed E-state index contributed by atoms with van der Waals surface area (Å²) < 4.78 is 43.1. The number of halogens is 3. The van der Waals surface area contributed by atoms with Crippen molar-refractivity contribution in [1.82, 2.24) is 19.7 Å². The van der Waals surface area contributed by atoms with E-state index in [-0.39, 0.29) is 11.7 Å². The molecule has 0 aliphatic carbocycles. The van der Waals surface area contributed by atoms with Gasteiger partial charge in [0.05, 0.1) is 10.8 Å². The minimum atomic E-state index is -4.78. The summed E-state index contributed by atoms with van der Waals surface area (Å²) in [6.45, 7) is 2.45. The Kier molecular flexibility index (Phi) is 7.19. The van der Waals surface area contributed by atoms with Gasteiger partial charge < -0.3 is 14.6 Å². The van der Waals surface area contributed by atoms with Crippen molar-refractivity contribution < 1.29 is 22.7 Å². The predicted molar refractivity (Wildman–Crippen MR) is 140 cm³/mol. The number of hydrogen-bond acceptors (Lipinski definition) is 6. The summed E-state index contributed by atoms with van der Waals surface area (Å²) in [5.41, 5.74) is 3.79. The molecule has 5 aromatic rings. The van der Waals surface area contributed by atoms with Crippen molar-refractivity contribution in [3.63, 3.8) is 0 Å². The zero-order valence-electron chi connectivity index (χ0n) is 20.1. The van der Waals surface area contributed by atoms with E-state index in [1.54, 1.807) is 0 Å². The summed E-state index contributed by atoms with van der Waals surface area (Å²) in [6, 6.07) is 22.9. The molecule has 194 valence electrons. The van der Waals surface area contributed by atoms with E-state index in [2.05, 4.69) is 24.8 Å². The normalized spacial score (nSPS) is 12.5. The lowest BCUT2D eigenvalue weighted by Gasteiger charge is -2.14. The Morgan fingerprint density at radius 1 is 1.00 bits per heavy atom. The number of ether oxygens (including phenoxy) is 1. The number of nitrogens with one attached hydrogen (secondary N) is 1. The number of alkyl halides is 3. The predicted octanol–water partition coefficient (Wildman–Crippen LogP) is 6.44. The molecule has 2 heterocycles. The third kappa shape index (κ3) is 5.72. The molecule has 0 bridgehead atoms. The van der Waals surface area contributed by atoms with Crippen LogP contribution in [-0.2, 0) is 11.3 Å². The number of amides is 1. The van der Waals surface area contributed by atoms with E-state index >= 15 is 0 Å². The van der Waals surface area contributed by atoms with Gasteiger partial charge in [-0.25, -0.2) is 4.98 Å². The molecule has 7 nitrogen and oxygen atoms in total. The summed E-state index contributed by atoms with van der Waals surface area (Å²) in [5, 5.41) is 12.2. The lowest BCUT2D eigenvalue weighted by atomic mass is 10.2. The first kappa shape index (κ1) is 25.5. The van der Waals surface area contributed by atoms with Gasteiger partial charge in [-0.15, -0.1) is 23.4 Å². The van der Waals surface area contributed by atoms with Crippen LogP contribution in [-0.4, -0.2) is 37.3 Å². The molecule has 0 aliphatic rings. The summed E-state index contributed by atoms with van der Waals surface area (Å²) in [5.74, 6) is -0.689. The summed E-state index contributed by atoms with van der Waals surface area (Å²) in [7, 11) is 0. The number of para-hydroxylation sites is 1. The molecule has 0 saturated heterocycles. The summed E-state index contributed by atoms with van der Waals surface area (Å²) in [6.07, 6.45) is -4.31. The second-order valence-corrected chi connectivity index (χ2v) is 9.60. The van der Waals surface area contributed by atoms with Crippen molar-refractivity contribution in [2.24, 2.45) is 0 Å². The van der Waals surface area contributed by atoms with E-state index in [9.17, 15) is 18.0 Å². The van der Waals surface area contributed by atoms with Crippen LogP contribution in [0.3, 0.4) is 0 Å². The molecule has 2 aromatic heterocycles. The lowest BCUT2D eigenvalue weighted by molar-refractivity contribution is -0.274. The molecule has 5 rings (SSSR count). The largest absolute Gasteiger partial charge is 0.573 e. The van der Waals surface area contributed by atoms with Crippen LogP contribution < -0.4 is 10.1 Å². The highest BCUT2D eigenvalue weighted by Crippen LogP contribution is 2.30. The quantitative estimate of drug-likeness (QED) is 0.230. The van der Waals surface area contributed by atoms with Gasteiger partial charge in [-0.3, -0.25) is 4.79 Å². The molecule has 0 fully saturated rings. The lowest BCUT2D eigenvalue weighted by Crippen LogP contribution is -2.25. The number of carbonyl (C=O) groups is 1. The maximum absolute atomic E-state index is 12.9. The van der Waals surface area contributed by atoms with Crippen LogP contribution in [0, 0.1) is 0 Å². The van der Waals surface area contributed by atoms with Gasteiger partial charge in [0.2, 0.25) is 11.1 Å². The topological polar surface area (TPSA) is 81.9 Å². The Balaban J connectivity index is 1.38. The van der Waals surface area contributed by atoms with Crippen LogP contribution in [0.5, 0.6) is 5.75 Å². The first-order valence-electron chi connectivity index (χ1n) is 11.8. The molecule has 0 aliphatic heterocycles. The van der Waals surface area contributed by atoms with Gasteiger partial charge in [-0.05, 0) is 42.3 Å². The third-order valence-electron chi connectivity index (χ3n) is 5.80. The van der Waals surface area contributed by atoms with Crippen molar-refractivity contribution >= 4 is 45.4 Å². The minimum Gasteiger partial charge on any atom is -0.406 e. The monoisotopic (exact) mass is 537 g/mol. The fraction of sp³-hybridized carbons (Fsp3) is 0.185. The molecule has 1 atom stereocenters. The van der Waals surface area contributed by atoms with Crippen LogP contribution in [0.15, 0.2) is 84.0 Å². The van der Waals surface area contributed by atoms with E-state index < -0.39 is 11.6 Å². The van der Waals surface area contributed by atoms with E-state index in [0.717, 1.165) is 28.6 Å². The van der Waals surface area contributed by atoms with Gasteiger partial charge in [-0.1, -0.05) is 67.2 Å². The number of hydrogen-bond donors (Lipinski definition) is 1. The average molecular weight is 538 g/mol. The van der Waals surface area contributed by atoms with Gasteiger partial charge in [-0.2, -0.15) is 0 Å². The third-order valence-corrected chi connectivity index (χ3v) is 7.02. The maximum Gasteiger partial charge on any atom is 0.573 e. The van der Waals surface area contributed by atoms with Crippen LogP contribution in [0.4, 0.5) is 18.9 Å². The summed E-state index contributed by atoms with van der Waals surface area (Å²) in [4.78, 5) is 17.7. The smallest absolute Gasteiger partial charge is 0.406 e. The highest BCUT2D eigenvalue weighted by Gasteiger charge is 2.31. The van der Waals surface area contributed by atoms with Crippen molar-refractivity contribution in [2.75, 3.05) is 5.32 Å². The highest BCUT2D eigenvalue weighted by atomic mass is 32.2. The number of thioether (sulfide) groups is 1. The second-order valence-electron chi connectivity index (χ2n) is 8.43. The molecule has 0 radical (unpaired) electrons. The number of benzene rings is 3. The van der Waals surface area contributed by atoms with Gasteiger partial charge in [0.1, 0.15) is 11.3 Å². The number of fused-ring (bicyclic) bond motifs is 3. The van der Waals surface area contributed by atoms with Crippen LogP contribution in [0.2, 0.25) is 0 Å².